The van der Waals surface area contributed by atoms with Crippen molar-refractivity contribution < 1.29 is 13.9 Å². The smallest absolute Gasteiger partial charge is 0.340 e. The molecule has 24 heavy (non-hydrogen) atoms. The molecular formula is C20H26FNO2. The molecule has 0 N–H and O–H groups in total. The highest BCUT2D eigenvalue weighted by molar-refractivity contribution is 5.92. The van der Waals surface area contributed by atoms with Crippen LogP contribution in [0, 0.1) is 12.7 Å². The first-order valence-electron chi connectivity index (χ1n) is 8.67. The van der Waals surface area contributed by atoms with Crippen LogP contribution >= 0.6 is 0 Å². The quantitative estimate of drug-likeness (QED) is 0.657. The van der Waals surface area contributed by atoms with Gasteiger partial charge in [0.15, 0.2) is 0 Å². The molecule has 0 saturated carbocycles. The van der Waals surface area contributed by atoms with Gasteiger partial charge in [0.05, 0.1) is 12.2 Å². The average Bonchev–Trinajstić information content (AvgIpc) is 2.88. The van der Waals surface area contributed by atoms with Gasteiger partial charge in [-0.2, -0.15) is 0 Å². The highest BCUT2D eigenvalue weighted by atomic mass is 19.1. The fourth-order valence-electron chi connectivity index (χ4n) is 2.90. The standard InChI is InChI=1S/C20H26FNO2/c1-4-6-7-17-14-22(15(3)19(17)20(23)24-5-2)13-12-16-8-10-18(21)11-9-16/h8-11,14H,4-7,12-13H2,1-3H3. The van der Waals surface area contributed by atoms with Crippen molar-refractivity contribution in [3.8, 4) is 0 Å². The van der Waals surface area contributed by atoms with Crippen LogP contribution in [-0.2, 0) is 24.1 Å². The van der Waals surface area contributed by atoms with E-state index in [-0.39, 0.29) is 11.8 Å². The average molecular weight is 331 g/mol. The molecule has 0 aliphatic heterocycles. The third-order valence-corrected chi connectivity index (χ3v) is 4.26. The van der Waals surface area contributed by atoms with Crippen LogP contribution < -0.4 is 0 Å². The number of aryl methyl sites for hydroxylation is 3. The van der Waals surface area contributed by atoms with Crippen molar-refractivity contribution in [3.05, 3.63) is 58.7 Å². The lowest BCUT2D eigenvalue weighted by atomic mass is 10.1. The van der Waals surface area contributed by atoms with Gasteiger partial charge in [0.1, 0.15) is 5.82 Å². The Hall–Kier alpha value is -2.10. The van der Waals surface area contributed by atoms with E-state index in [2.05, 4.69) is 17.7 Å². The van der Waals surface area contributed by atoms with E-state index in [1.807, 2.05) is 13.8 Å². The summed E-state index contributed by atoms with van der Waals surface area (Å²) in [7, 11) is 0. The van der Waals surface area contributed by atoms with E-state index in [4.69, 9.17) is 4.74 Å². The highest BCUT2D eigenvalue weighted by Gasteiger charge is 2.20. The molecular weight excluding hydrogens is 305 g/mol. The number of hydrogen-bond acceptors (Lipinski definition) is 2. The lowest BCUT2D eigenvalue weighted by molar-refractivity contribution is 0.0524. The maximum Gasteiger partial charge on any atom is 0.340 e. The predicted molar refractivity (Wildman–Crippen MR) is 93.8 cm³/mol. The van der Waals surface area contributed by atoms with Gasteiger partial charge in [-0.1, -0.05) is 25.5 Å². The largest absolute Gasteiger partial charge is 0.462 e. The van der Waals surface area contributed by atoms with Crippen LogP contribution in [0.1, 0.15) is 53.9 Å². The van der Waals surface area contributed by atoms with Crippen LogP contribution in [0.2, 0.25) is 0 Å². The Balaban J connectivity index is 2.19. The summed E-state index contributed by atoms with van der Waals surface area (Å²) in [6.07, 6.45) is 5.89. The van der Waals surface area contributed by atoms with Gasteiger partial charge in [-0.25, -0.2) is 9.18 Å². The van der Waals surface area contributed by atoms with Crippen LogP contribution in [0.15, 0.2) is 30.5 Å². The molecule has 0 aliphatic rings. The molecule has 0 unspecified atom stereocenters. The maximum atomic E-state index is 13.0. The van der Waals surface area contributed by atoms with E-state index in [1.54, 1.807) is 12.1 Å². The van der Waals surface area contributed by atoms with E-state index < -0.39 is 0 Å². The summed E-state index contributed by atoms with van der Waals surface area (Å²) in [4.78, 5) is 12.3. The minimum atomic E-state index is -0.235. The van der Waals surface area contributed by atoms with Gasteiger partial charge >= 0.3 is 5.97 Å². The van der Waals surface area contributed by atoms with Crippen LogP contribution in [0.4, 0.5) is 4.39 Å². The van der Waals surface area contributed by atoms with Crippen molar-refractivity contribution in [2.75, 3.05) is 6.61 Å². The lowest BCUT2D eigenvalue weighted by Crippen LogP contribution is -2.09. The van der Waals surface area contributed by atoms with E-state index in [0.717, 1.165) is 49.0 Å². The van der Waals surface area contributed by atoms with E-state index >= 15 is 0 Å². The van der Waals surface area contributed by atoms with Crippen molar-refractivity contribution in [2.24, 2.45) is 0 Å². The fraction of sp³-hybridized carbons (Fsp3) is 0.450. The number of unbranched alkanes of at least 4 members (excludes halogenated alkanes) is 1. The lowest BCUT2D eigenvalue weighted by Gasteiger charge is -2.08. The number of esters is 1. The molecule has 0 fully saturated rings. The van der Waals surface area contributed by atoms with Crippen molar-refractivity contribution in [2.45, 2.75) is 53.0 Å². The highest BCUT2D eigenvalue weighted by Crippen LogP contribution is 2.21. The second kappa shape index (κ2) is 8.67. The molecule has 0 radical (unpaired) electrons. The topological polar surface area (TPSA) is 31.2 Å². The molecule has 2 aromatic rings. The SMILES string of the molecule is CCCCc1cn(CCc2ccc(F)cc2)c(C)c1C(=O)OCC. The van der Waals surface area contributed by atoms with E-state index in [1.165, 1.54) is 12.1 Å². The Morgan fingerprint density at radius 3 is 2.50 bits per heavy atom. The van der Waals surface area contributed by atoms with Gasteiger partial charge in [0.25, 0.3) is 0 Å². The third-order valence-electron chi connectivity index (χ3n) is 4.26. The zero-order valence-corrected chi connectivity index (χ0v) is 14.8. The Kier molecular flexibility index (Phi) is 6.59. The summed E-state index contributed by atoms with van der Waals surface area (Å²) in [6, 6.07) is 6.57. The van der Waals surface area contributed by atoms with Crippen molar-refractivity contribution in [3.63, 3.8) is 0 Å². The summed E-state index contributed by atoms with van der Waals surface area (Å²) in [5.41, 5.74) is 3.80. The van der Waals surface area contributed by atoms with Crippen LogP contribution in [0.5, 0.6) is 0 Å². The minimum Gasteiger partial charge on any atom is -0.462 e. The number of carbonyl (C=O) groups is 1. The molecule has 2 rings (SSSR count). The van der Waals surface area contributed by atoms with Gasteiger partial charge in [-0.05, 0) is 56.4 Å². The van der Waals surface area contributed by atoms with E-state index in [0.29, 0.717) is 12.2 Å². The van der Waals surface area contributed by atoms with Crippen LogP contribution in [0.3, 0.4) is 0 Å². The zero-order valence-electron chi connectivity index (χ0n) is 14.8. The first-order valence-corrected chi connectivity index (χ1v) is 8.67. The molecule has 0 spiro atoms. The number of ether oxygens (including phenoxy) is 1. The number of rotatable bonds is 8. The normalized spacial score (nSPS) is 10.8. The Morgan fingerprint density at radius 2 is 1.88 bits per heavy atom. The summed E-state index contributed by atoms with van der Waals surface area (Å²) in [5, 5.41) is 0. The summed E-state index contributed by atoms with van der Waals surface area (Å²) in [6.45, 7) is 7.07. The molecule has 0 saturated heterocycles. The molecule has 0 atom stereocenters. The number of halogens is 1. The van der Waals surface area contributed by atoms with Crippen LogP contribution in [-0.4, -0.2) is 17.1 Å². The molecule has 3 nitrogen and oxygen atoms in total. The van der Waals surface area contributed by atoms with Crippen LogP contribution in [0.25, 0.3) is 0 Å². The molecule has 1 aromatic carbocycles. The zero-order chi connectivity index (χ0) is 17.5. The summed E-state index contributed by atoms with van der Waals surface area (Å²) < 4.78 is 20.3. The summed E-state index contributed by atoms with van der Waals surface area (Å²) in [5.74, 6) is -0.455. The second-order valence-corrected chi connectivity index (χ2v) is 6.01. The Morgan fingerprint density at radius 1 is 1.17 bits per heavy atom. The predicted octanol–water partition coefficient (Wildman–Crippen LogP) is 4.70. The molecule has 1 aromatic heterocycles. The molecule has 0 aliphatic carbocycles. The van der Waals surface area contributed by atoms with Crippen molar-refractivity contribution in [1.82, 2.24) is 4.57 Å². The van der Waals surface area contributed by atoms with Gasteiger partial charge in [-0.3, -0.25) is 0 Å². The molecule has 130 valence electrons. The third kappa shape index (κ3) is 4.47. The second-order valence-electron chi connectivity index (χ2n) is 6.01. The number of aromatic nitrogens is 1. The van der Waals surface area contributed by atoms with Gasteiger partial charge < -0.3 is 9.30 Å². The van der Waals surface area contributed by atoms with E-state index in [9.17, 15) is 9.18 Å². The summed E-state index contributed by atoms with van der Waals surface area (Å²) >= 11 is 0. The number of hydrogen-bond donors (Lipinski definition) is 0. The van der Waals surface area contributed by atoms with Gasteiger partial charge in [0, 0.05) is 18.4 Å². The van der Waals surface area contributed by atoms with Crippen molar-refractivity contribution >= 4 is 5.97 Å². The monoisotopic (exact) mass is 331 g/mol. The first-order chi connectivity index (χ1) is 11.6. The first kappa shape index (κ1) is 18.2. The number of benzene rings is 1. The Bertz CT molecular complexity index is 674. The minimum absolute atomic E-state index is 0.220. The molecule has 4 heteroatoms. The molecule has 0 bridgehead atoms. The Labute approximate surface area is 143 Å². The van der Waals surface area contributed by atoms with Crippen molar-refractivity contribution in [1.29, 1.82) is 0 Å². The van der Waals surface area contributed by atoms with Gasteiger partial charge in [-0.15, -0.1) is 0 Å². The molecule has 1 heterocycles. The fourth-order valence-corrected chi connectivity index (χ4v) is 2.90. The number of nitrogens with zero attached hydrogens (tertiary/aromatic N) is 1. The molecule has 0 amide bonds. The van der Waals surface area contributed by atoms with Gasteiger partial charge in [0.2, 0.25) is 0 Å². The number of carbonyl (C=O) groups excluding carboxylic acids is 1. The maximum absolute atomic E-state index is 13.0.